The van der Waals surface area contributed by atoms with Crippen LogP contribution in [0.15, 0.2) is 18.2 Å². The van der Waals surface area contributed by atoms with Crippen LogP contribution in [0.5, 0.6) is 0 Å². The van der Waals surface area contributed by atoms with E-state index in [1.54, 1.807) is 0 Å². The SMILES string of the molecule is CC#CCCC(N)c1ccc(Cl)cc1C. The maximum atomic E-state index is 6.08. The molecule has 0 radical (unpaired) electrons. The fourth-order valence-electron chi connectivity index (χ4n) is 1.56. The largest absolute Gasteiger partial charge is 0.324 e. The molecule has 0 aromatic heterocycles. The van der Waals surface area contributed by atoms with Crippen LogP contribution in [0.3, 0.4) is 0 Å². The van der Waals surface area contributed by atoms with Gasteiger partial charge in [-0.05, 0) is 43.5 Å². The van der Waals surface area contributed by atoms with Crippen molar-refractivity contribution in [3.63, 3.8) is 0 Å². The zero-order valence-electron chi connectivity index (χ0n) is 9.18. The summed E-state index contributed by atoms with van der Waals surface area (Å²) in [5.74, 6) is 5.90. The Morgan fingerprint density at radius 2 is 2.20 bits per heavy atom. The third kappa shape index (κ3) is 3.58. The minimum absolute atomic E-state index is 0.0584. The molecular weight excluding hydrogens is 206 g/mol. The average Bonchev–Trinajstić information content (AvgIpc) is 2.17. The fourth-order valence-corrected chi connectivity index (χ4v) is 1.79. The minimum Gasteiger partial charge on any atom is -0.324 e. The van der Waals surface area contributed by atoms with Crippen LogP contribution in [0.1, 0.15) is 36.9 Å². The van der Waals surface area contributed by atoms with Crippen LogP contribution >= 0.6 is 11.6 Å². The van der Waals surface area contributed by atoms with E-state index in [2.05, 4.69) is 11.8 Å². The number of nitrogens with two attached hydrogens (primary N) is 1. The maximum absolute atomic E-state index is 6.08. The molecule has 1 unspecified atom stereocenters. The summed E-state index contributed by atoms with van der Waals surface area (Å²) in [6.45, 7) is 3.88. The third-order valence-corrected chi connectivity index (χ3v) is 2.62. The molecule has 1 aromatic carbocycles. The van der Waals surface area contributed by atoms with Crippen molar-refractivity contribution in [2.45, 2.75) is 32.7 Å². The Labute approximate surface area is 96.6 Å². The highest BCUT2D eigenvalue weighted by atomic mass is 35.5. The van der Waals surface area contributed by atoms with Gasteiger partial charge in [0.1, 0.15) is 0 Å². The monoisotopic (exact) mass is 221 g/mol. The summed E-state index contributed by atoms with van der Waals surface area (Å²) < 4.78 is 0. The van der Waals surface area contributed by atoms with Crippen molar-refractivity contribution in [1.82, 2.24) is 0 Å². The Morgan fingerprint density at radius 3 is 2.80 bits per heavy atom. The Kier molecular flexibility index (Phi) is 4.68. The summed E-state index contributed by atoms with van der Waals surface area (Å²) in [6.07, 6.45) is 1.74. The van der Waals surface area contributed by atoms with E-state index in [4.69, 9.17) is 17.3 Å². The first kappa shape index (κ1) is 12.1. The highest BCUT2D eigenvalue weighted by molar-refractivity contribution is 6.30. The van der Waals surface area contributed by atoms with Gasteiger partial charge in [0.05, 0.1) is 0 Å². The Morgan fingerprint density at radius 1 is 1.47 bits per heavy atom. The van der Waals surface area contributed by atoms with Gasteiger partial charge in [0.25, 0.3) is 0 Å². The molecule has 0 bridgehead atoms. The normalized spacial score (nSPS) is 11.7. The van der Waals surface area contributed by atoms with Crippen LogP contribution in [0.2, 0.25) is 5.02 Å². The van der Waals surface area contributed by atoms with Crippen LogP contribution in [0.4, 0.5) is 0 Å². The molecule has 1 rings (SSSR count). The second-order valence-electron chi connectivity index (χ2n) is 3.57. The number of benzene rings is 1. The molecule has 2 N–H and O–H groups in total. The van der Waals surface area contributed by atoms with Crippen LogP contribution in [-0.4, -0.2) is 0 Å². The molecule has 80 valence electrons. The van der Waals surface area contributed by atoms with Gasteiger partial charge < -0.3 is 5.73 Å². The topological polar surface area (TPSA) is 26.0 Å². The van der Waals surface area contributed by atoms with Gasteiger partial charge >= 0.3 is 0 Å². The number of halogens is 1. The van der Waals surface area contributed by atoms with Gasteiger partial charge in [0.2, 0.25) is 0 Å². The van der Waals surface area contributed by atoms with Crippen molar-refractivity contribution >= 4 is 11.6 Å². The molecule has 0 aliphatic heterocycles. The molecule has 1 aromatic rings. The molecule has 0 aliphatic carbocycles. The van der Waals surface area contributed by atoms with E-state index >= 15 is 0 Å². The lowest BCUT2D eigenvalue weighted by Gasteiger charge is -2.13. The predicted octanol–water partition coefficient (Wildman–Crippen LogP) is 3.45. The number of hydrogen-bond donors (Lipinski definition) is 1. The second kappa shape index (κ2) is 5.80. The summed E-state index contributed by atoms with van der Waals surface area (Å²) in [7, 11) is 0. The third-order valence-electron chi connectivity index (χ3n) is 2.39. The van der Waals surface area contributed by atoms with E-state index < -0.39 is 0 Å². The molecular formula is C13H16ClN. The summed E-state index contributed by atoms with van der Waals surface area (Å²) >= 11 is 5.89. The summed E-state index contributed by atoms with van der Waals surface area (Å²) in [6, 6.07) is 5.89. The number of hydrogen-bond acceptors (Lipinski definition) is 1. The molecule has 0 heterocycles. The van der Waals surface area contributed by atoms with E-state index in [1.165, 1.54) is 0 Å². The van der Waals surface area contributed by atoms with E-state index in [1.807, 2.05) is 32.0 Å². The van der Waals surface area contributed by atoms with E-state index in [9.17, 15) is 0 Å². The molecule has 0 fully saturated rings. The average molecular weight is 222 g/mol. The van der Waals surface area contributed by atoms with Crippen molar-refractivity contribution in [1.29, 1.82) is 0 Å². The van der Waals surface area contributed by atoms with Crippen LogP contribution in [0, 0.1) is 18.8 Å². The van der Waals surface area contributed by atoms with Gasteiger partial charge in [-0.3, -0.25) is 0 Å². The highest BCUT2D eigenvalue weighted by Crippen LogP contribution is 2.22. The zero-order chi connectivity index (χ0) is 11.3. The first-order valence-electron chi connectivity index (χ1n) is 5.06. The number of aryl methyl sites for hydroxylation is 1. The van der Waals surface area contributed by atoms with Crippen molar-refractivity contribution in [2.75, 3.05) is 0 Å². The van der Waals surface area contributed by atoms with Gasteiger partial charge in [-0.25, -0.2) is 0 Å². The molecule has 1 nitrogen and oxygen atoms in total. The number of rotatable bonds is 3. The Hall–Kier alpha value is -0.970. The summed E-state index contributed by atoms with van der Waals surface area (Å²) in [5.41, 5.74) is 8.39. The lowest BCUT2D eigenvalue weighted by Crippen LogP contribution is -2.11. The smallest absolute Gasteiger partial charge is 0.0408 e. The van der Waals surface area contributed by atoms with E-state index in [-0.39, 0.29) is 6.04 Å². The minimum atomic E-state index is 0.0584. The van der Waals surface area contributed by atoms with Crippen molar-refractivity contribution < 1.29 is 0 Å². The molecule has 0 amide bonds. The zero-order valence-corrected chi connectivity index (χ0v) is 9.93. The van der Waals surface area contributed by atoms with Gasteiger partial charge in [-0.2, -0.15) is 0 Å². The maximum Gasteiger partial charge on any atom is 0.0408 e. The van der Waals surface area contributed by atoms with E-state index in [0.717, 1.165) is 29.0 Å². The van der Waals surface area contributed by atoms with Crippen molar-refractivity contribution in [3.8, 4) is 11.8 Å². The van der Waals surface area contributed by atoms with Crippen LogP contribution in [0.25, 0.3) is 0 Å². The molecule has 1 atom stereocenters. The predicted molar refractivity (Wildman–Crippen MR) is 65.8 cm³/mol. The fraction of sp³-hybridized carbons (Fsp3) is 0.385. The lowest BCUT2D eigenvalue weighted by atomic mass is 9.98. The van der Waals surface area contributed by atoms with Crippen LogP contribution < -0.4 is 5.73 Å². The quantitative estimate of drug-likeness (QED) is 0.778. The summed E-state index contributed by atoms with van der Waals surface area (Å²) in [5, 5.41) is 0.761. The van der Waals surface area contributed by atoms with Crippen molar-refractivity contribution in [3.05, 3.63) is 34.3 Å². The lowest BCUT2D eigenvalue weighted by molar-refractivity contribution is 0.664. The van der Waals surface area contributed by atoms with Gasteiger partial charge in [-0.1, -0.05) is 17.7 Å². The van der Waals surface area contributed by atoms with Gasteiger partial charge in [0.15, 0.2) is 0 Å². The standard InChI is InChI=1S/C13H16ClN/c1-3-4-5-6-13(15)12-8-7-11(14)9-10(12)2/h7-9,13H,5-6,15H2,1-2H3. The molecule has 2 heteroatoms. The Balaban J connectivity index is 2.71. The molecule has 0 aliphatic rings. The van der Waals surface area contributed by atoms with Crippen LogP contribution in [-0.2, 0) is 0 Å². The summed E-state index contributed by atoms with van der Waals surface area (Å²) in [4.78, 5) is 0. The van der Waals surface area contributed by atoms with E-state index in [0.29, 0.717) is 0 Å². The molecule has 0 saturated heterocycles. The first-order valence-corrected chi connectivity index (χ1v) is 5.44. The second-order valence-corrected chi connectivity index (χ2v) is 4.01. The van der Waals surface area contributed by atoms with Gasteiger partial charge in [0, 0.05) is 17.5 Å². The Bertz CT molecular complexity index is 387. The molecule has 0 spiro atoms. The molecule has 0 saturated carbocycles. The first-order chi connectivity index (χ1) is 7.15. The van der Waals surface area contributed by atoms with Gasteiger partial charge in [-0.15, -0.1) is 11.8 Å². The molecule has 15 heavy (non-hydrogen) atoms. The highest BCUT2D eigenvalue weighted by Gasteiger charge is 2.08. The van der Waals surface area contributed by atoms with Crippen molar-refractivity contribution in [2.24, 2.45) is 5.73 Å².